The van der Waals surface area contributed by atoms with Gasteiger partial charge in [0.05, 0.1) is 4.92 Å². The Bertz CT molecular complexity index is 308. The van der Waals surface area contributed by atoms with Gasteiger partial charge in [0, 0.05) is 15.8 Å². The third-order valence-corrected chi connectivity index (χ3v) is 2.66. The summed E-state index contributed by atoms with van der Waals surface area (Å²) in [5, 5.41) is 9.99. The number of thiophene rings is 1. The minimum absolute atomic E-state index is 0.454. The molecule has 0 aromatic carbocycles. The van der Waals surface area contributed by atoms with Crippen LogP contribution in [0.15, 0.2) is 12.3 Å². The fourth-order valence-corrected chi connectivity index (χ4v) is 1.76. The normalized spacial score (nSPS) is 10.8. The molecular weight excluding hydrogens is 174 g/mol. The first-order chi connectivity index (χ1) is 5.59. The van der Waals surface area contributed by atoms with Gasteiger partial charge in [0.2, 0.25) is 6.20 Å². The Balaban J connectivity index is 2.83. The van der Waals surface area contributed by atoms with Crippen molar-refractivity contribution in [2.75, 3.05) is 0 Å². The lowest BCUT2D eigenvalue weighted by atomic mass is 10.3. The first-order valence-corrected chi connectivity index (χ1v) is 4.30. The van der Waals surface area contributed by atoms with Gasteiger partial charge >= 0.3 is 0 Å². The quantitative estimate of drug-likeness (QED) is 0.522. The van der Waals surface area contributed by atoms with Gasteiger partial charge < -0.3 is 0 Å². The standard InChI is InChI=1S/C8H9NO2S/c1-6-5-8(12-7(6)2)3-4-9(10)11/h3-5H,1-2H3/b4-3+. The summed E-state index contributed by atoms with van der Waals surface area (Å²) in [6, 6.07) is 1.94. The fourth-order valence-electron chi connectivity index (χ4n) is 0.818. The smallest absolute Gasteiger partial charge is 0.235 e. The van der Waals surface area contributed by atoms with Crippen molar-refractivity contribution in [1.82, 2.24) is 0 Å². The van der Waals surface area contributed by atoms with Gasteiger partial charge in [0.1, 0.15) is 0 Å². The summed E-state index contributed by atoms with van der Waals surface area (Å²) in [7, 11) is 0. The van der Waals surface area contributed by atoms with Crippen molar-refractivity contribution in [3.8, 4) is 0 Å². The van der Waals surface area contributed by atoms with Crippen LogP contribution >= 0.6 is 11.3 Å². The Labute approximate surface area is 74.5 Å². The molecule has 1 rings (SSSR count). The molecule has 0 fully saturated rings. The van der Waals surface area contributed by atoms with E-state index in [0.29, 0.717) is 0 Å². The average Bonchev–Trinajstić information content (AvgIpc) is 2.28. The minimum atomic E-state index is -0.454. The zero-order valence-electron chi connectivity index (χ0n) is 6.90. The van der Waals surface area contributed by atoms with E-state index in [1.54, 1.807) is 11.3 Å². The molecule has 0 aliphatic rings. The van der Waals surface area contributed by atoms with Crippen LogP contribution in [0, 0.1) is 24.0 Å². The SMILES string of the molecule is Cc1cc(/C=C/[N+](=O)[O-])sc1C. The van der Waals surface area contributed by atoms with Crippen molar-refractivity contribution in [2.45, 2.75) is 13.8 Å². The van der Waals surface area contributed by atoms with Crippen LogP contribution in [0.5, 0.6) is 0 Å². The summed E-state index contributed by atoms with van der Waals surface area (Å²) in [6.45, 7) is 4.00. The highest BCUT2D eigenvalue weighted by molar-refractivity contribution is 7.13. The van der Waals surface area contributed by atoms with E-state index in [1.807, 2.05) is 19.9 Å². The van der Waals surface area contributed by atoms with Crippen molar-refractivity contribution < 1.29 is 4.92 Å². The Hall–Kier alpha value is -1.16. The summed E-state index contributed by atoms with van der Waals surface area (Å²) in [5.41, 5.74) is 1.18. The van der Waals surface area contributed by atoms with Gasteiger partial charge in [-0.15, -0.1) is 11.3 Å². The summed E-state index contributed by atoms with van der Waals surface area (Å²) >= 11 is 1.57. The fraction of sp³-hybridized carbons (Fsp3) is 0.250. The molecule has 0 spiro atoms. The largest absolute Gasteiger partial charge is 0.259 e. The first-order valence-electron chi connectivity index (χ1n) is 3.48. The maximum absolute atomic E-state index is 9.99. The Morgan fingerprint density at radius 3 is 2.67 bits per heavy atom. The van der Waals surface area contributed by atoms with E-state index in [0.717, 1.165) is 11.1 Å². The molecule has 1 aromatic rings. The second kappa shape index (κ2) is 3.49. The van der Waals surface area contributed by atoms with Crippen LogP contribution in [0.1, 0.15) is 15.3 Å². The molecular formula is C8H9NO2S. The number of hydrogen-bond acceptors (Lipinski definition) is 3. The number of nitro groups is 1. The molecule has 0 atom stereocenters. The van der Waals surface area contributed by atoms with Crippen molar-refractivity contribution in [1.29, 1.82) is 0 Å². The molecule has 64 valence electrons. The van der Waals surface area contributed by atoms with Crippen molar-refractivity contribution >= 4 is 17.4 Å². The molecule has 0 unspecified atom stereocenters. The highest BCUT2D eigenvalue weighted by Crippen LogP contribution is 2.21. The number of rotatable bonds is 2. The maximum Gasteiger partial charge on any atom is 0.235 e. The molecule has 0 radical (unpaired) electrons. The van der Waals surface area contributed by atoms with Gasteiger partial charge in [-0.05, 0) is 25.5 Å². The molecule has 0 saturated carbocycles. The van der Waals surface area contributed by atoms with E-state index in [4.69, 9.17) is 0 Å². The highest BCUT2D eigenvalue weighted by atomic mass is 32.1. The van der Waals surface area contributed by atoms with E-state index >= 15 is 0 Å². The lowest BCUT2D eigenvalue weighted by Gasteiger charge is -1.79. The van der Waals surface area contributed by atoms with E-state index < -0.39 is 4.92 Å². The lowest BCUT2D eigenvalue weighted by Crippen LogP contribution is -1.80. The number of hydrogen-bond donors (Lipinski definition) is 0. The van der Waals surface area contributed by atoms with Crippen LogP contribution in [-0.2, 0) is 0 Å². The molecule has 0 bridgehead atoms. The van der Waals surface area contributed by atoms with Crippen LogP contribution in [0.2, 0.25) is 0 Å². The monoisotopic (exact) mass is 183 g/mol. The Morgan fingerprint density at radius 1 is 1.58 bits per heavy atom. The van der Waals surface area contributed by atoms with Gasteiger partial charge in [0.25, 0.3) is 0 Å². The first kappa shape index (κ1) is 8.93. The van der Waals surface area contributed by atoms with Gasteiger partial charge in [-0.25, -0.2) is 0 Å². The van der Waals surface area contributed by atoms with Crippen molar-refractivity contribution in [3.05, 3.63) is 37.7 Å². The average molecular weight is 183 g/mol. The van der Waals surface area contributed by atoms with Gasteiger partial charge in [0.15, 0.2) is 0 Å². The molecule has 12 heavy (non-hydrogen) atoms. The van der Waals surface area contributed by atoms with Crippen LogP contribution < -0.4 is 0 Å². The number of nitrogens with zero attached hydrogens (tertiary/aromatic N) is 1. The third kappa shape index (κ3) is 2.17. The van der Waals surface area contributed by atoms with Crippen LogP contribution in [0.4, 0.5) is 0 Å². The number of aryl methyl sites for hydroxylation is 2. The molecule has 4 heteroatoms. The van der Waals surface area contributed by atoms with Gasteiger partial charge in [-0.1, -0.05) is 0 Å². The van der Waals surface area contributed by atoms with Gasteiger partial charge in [-0.3, -0.25) is 10.1 Å². The highest BCUT2D eigenvalue weighted by Gasteiger charge is 1.98. The predicted octanol–water partition coefficient (Wildman–Crippen LogP) is 2.61. The molecule has 0 N–H and O–H groups in total. The van der Waals surface area contributed by atoms with E-state index in [9.17, 15) is 10.1 Å². The van der Waals surface area contributed by atoms with Crippen molar-refractivity contribution in [2.24, 2.45) is 0 Å². The Kier molecular flexibility index (Phi) is 2.60. The summed E-state index contributed by atoms with van der Waals surface area (Å²) < 4.78 is 0. The maximum atomic E-state index is 9.99. The van der Waals surface area contributed by atoms with E-state index in [1.165, 1.54) is 16.5 Å². The second-order valence-corrected chi connectivity index (χ2v) is 3.78. The summed E-state index contributed by atoms with van der Waals surface area (Å²) in [5.74, 6) is 0. The molecule has 0 amide bonds. The van der Waals surface area contributed by atoms with Gasteiger partial charge in [-0.2, -0.15) is 0 Å². The topological polar surface area (TPSA) is 43.1 Å². The second-order valence-electron chi connectivity index (χ2n) is 2.49. The molecule has 0 aliphatic heterocycles. The zero-order chi connectivity index (χ0) is 9.14. The third-order valence-electron chi connectivity index (χ3n) is 1.55. The molecule has 3 nitrogen and oxygen atoms in total. The lowest BCUT2D eigenvalue weighted by molar-refractivity contribution is -0.400. The van der Waals surface area contributed by atoms with Crippen LogP contribution in [0.25, 0.3) is 6.08 Å². The molecule has 1 aromatic heterocycles. The Morgan fingerprint density at radius 2 is 2.25 bits per heavy atom. The van der Waals surface area contributed by atoms with Crippen LogP contribution in [-0.4, -0.2) is 4.92 Å². The zero-order valence-corrected chi connectivity index (χ0v) is 7.72. The van der Waals surface area contributed by atoms with Crippen LogP contribution in [0.3, 0.4) is 0 Å². The summed E-state index contributed by atoms with van der Waals surface area (Å²) in [6.07, 6.45) is 2.48. The van der Waals surface area contributed by atoms with E-state index in [2.05, 4.69) is 0 Å². The molecule has 0 aliphatic carbocycles. The predicted molar refractivity (Wildman–Crippen MR) is 49.8 cm³/mol. The minimum Gasteiger partial charge on any atom is -0.259 e. The molecule has 1 heterocycles. The molecule has 0 saturated heterocycles. The summed E-state index contributed by atoms with van der Waals surface area (Å²) in [4.78, 5) is 11.7. The van der Waals surface area contributed by atoms with E-state index in [-0.39, 0.29) is 0 Å². The van der Waals surface area contributed by atoms with Crippen molar-refractivity contribution in [3.63, 3.8) is 0 Å².